The molecule has 0 aliphatic carbocycles. The molecule has 2 aliphatic heterocycles. The highest BCUT2D eigenvalue weighted by molar-refractivity contribution is 5.95. The average Bonchev–Trinajstić information content (AvgIpc) is 3.41. The molecule has 1 fully saturated rings. The summed E-state index contributed by atoms with van der Waals surface area (Å²) in [6.07, 6.45) is -7.35. The van der Waals surface area contributed by atoms with Crippen molar-refractivity contribution < 1.29 is 32.3 Å². The first-order valence-corrected chi connectivity index (χ1v) is 9.23. The first-order chi connectivity index (χ1) is 14.1. The summed E-state index contributed by atoms with van der Waals surface area (Å²) in [5.74, 6) is -1.56. The fourth-order valence-electron chi connectivity index (χ4n) is 3.75. The second-order valence-corrected chi connectivity index (χ2v) is 7.50. The van der Waals surface area contributed by atoms with E-state index < -0.39 is 42.7 Å². The van der Waals surface area contributed by atoms with Crippen LogP contribution < -0.4 is 0 Å². The monoisotopic (exact) mass is 426 g/mol. The number of H-pyrrole nitrogens is 1. The summed E-state index contributed by atoms with van der Waals surface area (Å²) >= 11 is 0. The molecule has 7 nitrogen and oxygen atoms in total. The molecule has 3 heterocycles. The lowest BCUT2D eigenvalue weighted by atomic mass is 10.0. The maximum atomic E-state index is 14.6. The highest BCUT2D eigenvalue weighted by Gasteiger charge is 2.58. The number of aliphatic hydroxyl groups is 1. The van der Waals surface area contributed by atoms with Gasteiger partial charge in [0.05, 0.1) is 25.3 Å². The van der Waals surface area contributed by atoms with E-state index in [0.29, 0.717) is 11.3 Å². The van der Waals surface area contributed by atoms with Gasteiger partial charge in [-0.05, 0) is 5.56 Å². The SMILES string of the molecule is O=C(c1n[nH]c2c1CN(C(=O)C(F)c1ccccc1)C2)N1CCC(O)(C(F)(F)F)C1. The van der Waals surface area contributed by atoms with Gasteiger partial charge in [0.2, 0.25) is 6.17 Å². The molecule has 1 aromatic carbocycles. The minimum atomic E-state index is -4.85. The van der Waals surface area contributed by atoms with Crippen LogP contribution in [0.1, 0.15) is 39.9 Å². The highest BCUT2D eigenvalue weighted by Crippen LogP contribution is 2.38. The second kappa shape index (κ2) is 7.08. The van der Waals surface area contributed by atoms with Crippen LogP contribution in [0.3, 0.4) is 0 Å². The molecule has 2 aliphatic rings. The Balaban J connectivity index is 1.48. The minimum Gasteiger partial charge on any atom is -0.379 e. The van der Waals surface area contributed by atoms with Gasteiger partial charge < -0.3 is 14.9 Å². The summed E-state index contributed by atoms with van der Waals surface area (Å²) < 4.78 is 53.6. The van der Waals surface area contributed by atoms with Crippen molar-refractivity contribution in [2.45, 2.75) is 37.5 Å². The molecule has 0 bridgehead atoms. The molecule has 4 rings (SSSR count). The van der Waals surface area contributed by atoms with E-state index in [0.717, 1.165) is 4.90 Å². The summed E-state index contributed by atoms with van der Waals surface area (Å²) in [5, 5.41) is 16.3. The molecule has 2 unspecified atom stereocenters. The molecule has 2 aromatic rings. The Morgan fingerprint density at radius 3 is 2.50 bits per heavy atom. The topological polar surface area (TPSA) is 89.5 Å². The standard InChI is InChI=1S/C19H18F4N4O3/c20-14(11-4-2-1-3-5-11)16(28)27-8-12-13(9-27)24-25-15(12)17(29)26-7-6-18(30,10-26)19(21,22)23/h1-5,14,30H,6-10H2,(H,24,25). The minimum absolute atomic E-state index is 0.00812. The smallest absolute Gasteiger partial charge is 0.379 e. The summed E-state index contributed by atoms with van der Waals surface area (Å²) in [6, 6.07) is 7.90. The number of alkyl halides is 4. The predicted octanol–water partition coefficient (Wildman–Crippen LogP) is 2.10. The number of fused-ring (bicyclic) bond motifs is 1. The molecule has 0 radical (unpaired) electrons. The molecule has 11 heteroatoms. The number of likely N-dealkylation sites (tertiary alicyclic amines) is 1. The van der Waals surface area contributed by atoms with Crippen molar-refractivity contribution in [2.75, 3.05) is 13.1 Å². The van der Waals surface area contributed by atoms with Gasteiger partial charge in [-0.1, -0.05) is 30.3 Å². The summed E-state index contributed by atoms with van der Waals surface area (Å²) in [7, 11) is 0. The Labute approximate surface area is 168 Å². The van der Waals surface area contributed by atoms with Gasteiger partial charge in [-0.25, -0.2) is 4.39 Å². The molecule has 2 N–H and O–H groups in total. The molecule has 2 amide bonds. The number of amides is 2. The molecule has 160 valence electrons. The molecule has 1 aromatic heterocycles. The Bertz CT molecular complexity index is 978. The van der Waals surface area contributed by atoms with Gasteiger partial charge >= 0.3 is 6.18 Å². The fraction of sp³-hybridized carbons (Fsp3) is 0.421. The van der Waals surface area contributed by atoms with Crippen LogP contribution in [0.25, 0.3) is 0 Å². The number of carbonyl (C=O) groups excluding carboxylic acids is 2. The van der Waals surface area contributed by atoms with Crippen LogP contribution in [-0.4, -0.2) is 61.8 Å². The van der Waals surface area contributed by atoms with E-state index in [1.807, 2.05) is 0 Å². The van der Waals surface area contributed by atoms with Gasteiger partial charge in [0.1, 0.15) is 0 Å². The van der Waals surface area contributed by atoms with Gasteiger partial charge in [0, 0.05) is 18.5 Å². The largest absolute Gasteiger partial charge is 0.419 e. The maximum absolute atomic E-state index is 14.6. The number of benzene rings is 1. The number of β-amino-alcohol motifs (C(OH)–C–C–N with tert-alkyl or cyclic N) is 1. The number of hydrogen-bond donors (Lipinski definition) is 2. The number of nitrogens with zero attached hydrogens (tertiary/aromatic N) is 3. The summed E-state index contributed by atoms with van der Waals surface area (Å²) in [4.78, 5) is 27.3. The number of halogens is 4. The zero-order chi connectivity index (χ0) is 21.7. The van der Waals surface area contributed by atoms with Gasteiger partial charge in [0.15, 0.2) is 11.3 Å². The van der Waals surface area contributed by atoms with Gasteiger partial charge in [0.25, 0.3) is 11.8 Å². The molecular formula is C19H18F4N4O3. The number of rotatable bonds is 3. The molecule has 1 saturated heterocycles. The zero-order valence-corrected chi connectivity index (χ0v) is 15.6. The van der Waals surface area contributed by atoms with Gasteiger partial charge in [-0.3, -0.25) is 14.7 Å². The van der Waals surface area contributed by atoms with Gasteiger partial charge in [-0.15, -0.1) is 0 Å². The normalized spacial score (nSPS) is 22.3. The molecule has 0 spiro atoms. The zero-order valence-electron chi connectivity index (χ0n) is 15.6. The second-order valence-electron chi connectivity index (χ2n) is 7.50. The maximum Gasteiger partial charge on any atom is 0.419 e. The molecule has 2 atom stereocenters. The van der Waals surface area contributed by atoms with Crippen molar-refractivity contribution in [3.63, 3.8) is 0 Å². The lowest BCUT2D eigenvalue weighted by Gasteiger charge is -2.25. The van der Waals surface area contributed by atoms with Crippen molar-refractivity contribution in [3.8, 4) is 0 Å². The van der Waals surface area contributed by atoms with Crippen LogP contribution in [0, 0.1) is 0 Å². The molecule has 0 saturated carbocycles. The number of aromatic nitrogens is 2. The molecular weight excluding hydrogens is 408 g/mol. The van der Waals surface area contributed by atoms with Crippen LogP contribution in [0.15, 0.2) is 30.3 Å². The third-order valence-corrected chi connectivity index (χ3v) is 5.54. The lowest BCUT2D eigenvalue weighted by Crippen LogP contribution is -2.48. The highest BCUT2D eigenvalue weighted by atomic mass is 19.4. The van der Waals surface area contributed by atoms with Crippen molar-refractivity contribution in [2.24, 2.45) is 0 Å². The number of hydrogen-bond acceptors (Lipinski definition) is 4. The first-order valence-electron chi connectivity index (χ1n) is 9.23. The van der Waals surface area contributed by atoms with Crippen molar-refractivity contribution in [1.29, 1.82) is 0 Å². The third-order valence-electron chi connectivity index (χ3n) is 5.54. The molecule has 30 heavy (non-hydrogen) atoms. The van der Waals surface area contributed by atoms with Crippen molar-refractivity contribution >= 4 is 11.8 Å². The Morgan fingerprint density at radius 2 is 1.87 bits per heavy atom. The lowest BCUT2D eigenvalue weighted by molar-refractivity contribution is -0.253. The van der Waals surface area contributed by atoms with Crippen LogP contribution in [0.4, 0.5) is 17.6 Å². The summed E-state index contributed by atoms with van der Waals surface area (Å²) in [5.41, 5.74) is -2.10. The Morgan fingerprint density at radius 1 is 1.17 bits per heavy atom. The van der Waals surface area contributed by atoms with E-state index >= 15 is 0 Å². The van der Waals surface area contributed by atoms with E-state index in [1.165, 1.54) is 17.0 Å². The van der Waals surface area contributed by atoms with Crippen LogP contribution in [0.5, 0.6) is 0 Å². The Hall–Kier alpha value is -2.95. The summed E-state index contributed by atoms with van der Waals surface area (Å²) in [6.45, 7) is -1.25. The van der Waals surface area contributed by atoms with Crippen LogP contribution in [-0.2, 0) is 17.9 Å². The van der Waals surface area contributed by atoms with E-state index in [9.17, 15) is 32.3 Å². The van der Waals surface area contributed by atoms with Crippen LogP contribution in [0.2, 0.25) is 0 Å². The van der Waals surface area contributed by atoms with Crippen molar-refractivity contribution in [3.05, 3.63) is 52.8 Å². The number of aromatic amines is 1. The van der Waals surface area contributed by atoms with E-state index in [1.54, 1.807) is 18.2 Å². The predicted molar refractivity (Wildman–Crippen MR) is 94.7 cm³/mol. The van der Waals surface area contributed by atoms with Crippen molar-refractivity contribution in [1.82, 2.24) is 20.0 Å². The Kier molecular flexibility index (Phi) is 4.80. The third kappa shape index (κ3) is 3.32. The van der Waals surface area contributed by atoms with E-state index in [-0.39, 0.29) is 30.9 Å². The average molecular weight is 426 g/mol. The number of nitrogens with one attached hydrogen (secondary N) is 1. The van der Waals surface area contributed by atoms with E-state index in [2.05, 4.69) is 10.2 Å². The van der Waals surface area contributed by atoms with E-state index in [4.69, 9.17) is 0 Å². The quantitative estimate of drug-likeness (QED) is 0.736. The first kappa shape index (κ1) is 20.3. The fourth-order valence-corrected chi connectivity index (χ4v) is 3.75. The number of carbonyl (C=O) groups is 2. The van der Waals surface area contributed by atoms with Crippen LogP contribution >= 0.6 is 0 Å². The van der Waals surface area contributed by atoms with Gasteiger partial charge in [-0.2, -0.15) is 18.3 Å².